The van der Waals surface area contributed by atoms with E-state index in [2.05, 4.69) is 6.92 Å². The zero-order chi connectivity index (χ0) is 5.70. The van der Waals surface area contributed by atoms with Crippen molar-refractivity contribution in [3.8, 4) is 0 Å². The van der Waals surface area contributed by atoms with Crippen molar-refractivity contribution in [1.29, 1.82) is 0 Å². The van der Waals surface area contributed by atoms with Crippen LogP contribution in [0, 0.1) is 6.92 Å². The summed E-state index contributed by atoms with van der Waals surface area (Å²) in [6.45, 7) is 3.31. The minimum absolute atomic E-state index is 0. The molecule has 0 aliphatic rings. The first-order valence-corrected chi connectivity index (χ1v) is 1.93. The summed E-state index contributed by atoms with van der Waals surface area (Å²) in [5.74, 6) is -0.820. The number of carboxylic acid groups (broad SMARTS) is 1. The van der Waals surface area contributed by atoms with Crippen molar-refractivity contribution < 1.29 is 9.90 Å². The molecule has 0 bridgehead atoms. The first kappa shape index (κ1) is 9.43. The molecule has 0 heterocycles. The fourth-order valence-corrected chi connectivity index (χ4v) is 0.184. The molecule has 0 unspecified atom stereocenters. The Morgan fingerprint density at radius 2 is 2.25 bits per heavy atom. The van der Waals surface area contributed by atoms with E-state index >= 15 is 0 Å². The van der Waals surface area contributed by atoms with Gasteiger partial charge in [0.1, 0.15) is 0 Å². The normalized spacial score (nSPS) is 8.50. The van der Waals surface area contributed by atoms with Crippen molar-refractivity contribution in [2.45, 2.75) is 6.42 Å². The molecule has 0 fully saturated rings. The average molecular weight is 366 g/mol. The topological polar surface area (TPSA) is 37.3 Å². The third kappa shape index (κ3) is 8.95. The van der Waals surface area contributed by atoms with Gasteiger partial charge in [0.25, 0.3) is 5.97 Å². The second kappa shape index (κ2) is 5.08. The zero-order valence-corrected chi connectivity index (χ0v) is 11.0. The van der Waals surface area contributed by atoms with Crippen LogP contribution in [0.25, 0.3) is 0 Å². The van der Waals surface area contributed by atoms with Crippen LogP contribution >= 0.6 is 0 Å². The molecule has 0 aromatic carbocycles. The van der Waals surface area contributed by atoms with E-state index in [0.717, 1.165) is 0 Å². The maximum Gasteiger partial charge on any atom is 0.290 e. The fourth-order valence-electron chi connectivity index (χ4n) is 0.184. The van der Waals surface area contributed by atoms with Crippen molar-refractivity contribution in [3.63, 3.8) is 0 Å². The van der Waals surface area contributed by atoms with Gasteiger partial charge in [-0.2, -0.15) is 0 Å². The van der Waals surface area contributed by atoms with Gasteiger partial charge in [0.2, 0.25) is 0 Å². The molecule has 0 aromatic rings. The molecular weight excluding hydrogens is 359 g/mol. The molecule has 0 radical (unpaired) electrons. The number of allylic oxidation sites excluding steroid dienone is 1. The van der Waals surface area contributed by atoms with Gasteiger partial charge in [-0.1, -0.05) is 0 Å². The van der Waals surface area contributed by atoms with Gasteiger partial charge in [0, 0.05) is 0 Å². The average Bonchev–Trinajstić information content (AvgIpc) is 1.61. The predicted molar refractivity (Wildman–Crippen MR) is 26.7 cm³/mol. The fraction of sp³-hybridized carbons (Fsp3) is 0.200. The molecule has 2 nitrogen and oxygen atoms in total. The van der Waals surface area contributed by atoms with Crippen LogP contribution in [0.4, 0.5) is 0 Å². The maximum atomic E-state index is 9.68. The van der Waals surface area contributed by atoms with Gasteiger partial charge in [-0.25, -0.2) is 19.1 Å². The van der Waals surface area contributed by atoms with Crippen LogP contribution in [-0.4, -0.2) is 11.1 Å². The van der Waals surface area contributed by atoms with E-state index in [4.69, 9.17) is 5.11 Å². The van der Waals surface area contributed by atoms with Crippen LogP contribution < -0.4 is 0 Å². The summed E-state index contributed by atoms with van der Waals surface area (Å²) in [5.41, 5.74) is 0. The van der Waals surface area contributed by atoms with Gasteiger partial charge in [0.05, 0.1) is 0 Å². The van der Waals surface area contributed by atoms with E-state index in [1.165, 1.54) is 12.2 Å². The van der Waals surface area contributed by atoms with E-state index in [0.29, 0.717) is 0 Å². The third-order valence-electron chi connectivity index (χ3n) is 0.459. The minimum atomic E-state index is -0.820. The molecular formula is C5H7O2Rf-. The van der Waals surface area contributed by atoms with Gasteiger partial charge in [-0.15, -0.1) is 0 Å². The number of aliphatic carboxylic acids is 1. The molecule has 0 aromatic heterocycles. The Morgan fingerprint density at radius 3 is 2.38 bits per heavy atom. The molecule has 0 atom stereocenters. The number of hydrogen-bond donors (Lipinski definition) is 1. The summed E-state index contributed by atoms with van der Waals surface area (Å²) in [5, 5.41) is 7.97. The minimum Gasteiger partial charge on any atom is -0.482 e. The van der Waals surface area contributed by atoms with Crippen LogP contribution in [0.5, 0.6) is 0 Å². The Bertz CT molecular complexity index is 88.4. The van der Waals surface area contributed by atoms with E-state index in [9.17, 15) is 4.79 Å². The molecule has 42 valence electrons. The van der Waals surface area contributed by atoms with Crippen molar-refractivity contribution >= 4 is 5.97 Å². The molecule has 0 saturated heterocycles. The summed E-state index contributed by atoms with van der Waals surface area (Å²) < 4.78 is 0. The number of carbonyl (C=O) groups is 1. The molecule has 0 amide bonds. The van der Waals surface area contributed by atoms with Crippen LogP contribution in [0.15, 0.2) is 12.2 Å². The van der Waals surface area contributed by atoms with Crippen molar-refractivity contribution in [3.05, 3.63) is 19.1 Å². The molecule has 8 heavy (non-hydrogen) atoms. The Hall–Kier alpha value is -1.92. The summed E-state index contributed by atoms with van der Waals surface area (Å²) in [6.07, 6.45) is 3.03. The van der Waals surface area contributed by atoms with Crippen LogP contribution in [0.1, 0.15) is 6.42 Å². The predicted octanol–water partition coefficient (Wildman–Crippen LogP) is 0.851. The Labute approximate surface area is 42.5 Å². The van der Waals surface area contributed by atoms with E-state index in [1.807, 2.05) is 0 Å². The van der Waals surface area contributed by atoms with Crippen LogP contribution in [0.3, 0.4) is 0 Å². The van der Waals surface area contributed by atoms with Gasteiger partial charge in [-0.05, 0) is 6.42 Å². The van der Waals surface area contributed by atoms with Gasteiger partial charge >= 0.3 is 0 Å². The first-order valence-electron chi connectivity index (χ1n) is 1.93. The Morgan fingerprint density at radius 1 is 1.75 bits per heavy atom. The molecule has 0 rings (SSSR count). The zero-order valence-electron chi connectivity index (χ0n) is 4.63. The monoisotopic (exact) mass is 366 g/mol. The third-order valence-corrected chi connectivity index (χ3v) is 0.459. The van der Waals surface area contributed by atoms with Gasteiger partial charge in [0.15, 0.2) is 0 Å². The van der Waals surface area contributed by atoms with Crippen molar-refractivity contribution in [2.75, 3.05) is 0 Å². The quantitative estimate of drug-likeness (QED) is 0.736. The summed E-state index contributed by atoms with van der Waals surface area (Å²) in [4.78, 5) is 9.68. The van der Waals surface area contributed by atoms with Gasteiger partial charge in [-0.3, -0.25) is 4.79 Å². The van der Waals surface area contributed by atoms with E-state index in [1.54, 1.807) is 0 Å². The molecule has 0 aliphatic carbocycles. The van der Waals surface area contributed by atoms with E-state index in [-0.39, 0.29) is 6.42 Å². The van der Waals surface area contributed by atoms with Crippen LogP contribution in [-0.2, 0) is 4.79 Å². The maximum absolute atomic E-state index is 9.68. The second-order valence-electron chi connectivity index (χ2n) is 1.07. The Balaban J connectivity index is 0. The Kier molecular flexibility index (Phi) is 5.99. The standard InChI is InChI=1S/C5H7O2.Rf/c1-2-3-4-5(6)7;/h2-3H,1,4H2,(H,6,7);/q-1;/b3-2+;. The van der Waals surface area contributed by atoms with Gasteiger partial charge < -0.3 is 5.11 Å². The smallest absolute Gasteiger partial charge is 0.290 e. The summed E-state index contributed by atoms with van der Waals surface area (Å²) >= 11 is 0. The van der Waals surface area contributed by atoms with Crippen molar-refractivity contribution in [2.24, 2.45) is 0 Å². The molecule has 3 heteroatoms. The second-order valence-corrected chi connectivity index (χ2v) is 1.07. The van der Waals surface area contributed by atoms with Crippen LogP contribution in [0.2, 0.25) is 0 Å². The van der Waals surface area contributed by atoms with E-state index < -0.39 is 5.97 Å². The SMILES string of the molecule is [CH2-]/C=C/CC(=O)O.[Rf]. The number of rotatable bonds is 2. The largest absolute Gasteiger partial charge is 0.482 e. The molecule has 0 aliphatic heterocycles. The molecule has 0 spiro atoms. The number of hydrogen-bond acceptors (Lipinski definition) is 1. The summed E-state index contributed by atoms with van der Waals surface area (Å²) in [6, 6.07) is 0. The number of carboxylic acids is 1. The molecule has 0 saturated carbocycles. The summed E-state index contributed by atoms with van der Waals surface area (Å²) in [7, 11) is 0. The van der Waals surface area contributed by atoms with Crippen molar-refractivity contribution in [1.82, 2.24) is 0 Å². The first-order chi connectivity index (χ1) is 3.27. The molecule has 1 N–H and O–H groups in total.